The Morgan fingerprint density at radius 1 is 1.04 bits per heavy atom. The maximum absolute atomic E-state index is 12.5. The molecule has 1 atom stereocenters. The lowest BCUT2D eigenvalue weighted by Gasteiger charge is -2.14. The SMILES string of the molecule is Cc1nn(-c2ccccc2)c(C)c1C(=O)OCC(=O)NC(C)c1ccccc1. The Balaban J connectivity index is 1.64. The third-order valence-electron chi connectivity index (χ3n) is 4.51. The summed E-state index contributed by atoms with van der Waals surface area (Å²) in [7, 11) is 0. The lowest BCUT2D eigenvalue weighted by molar-refractivity contribution is -0.124. The van der Waals surface area contributed by atoms with Gasteiger partial charge in [0, 0.05) is 0 Å². The van der Waals surface area contributed by atoms with Crippen LogP contribution >= 0.6 is 0 Å². The van der Waals surface area contributed by atoms with Crippen molar-refractivity contribution in [3.8, 4) is 5.69 Å². The molecule has 6 nitrogen and oxygen atoms in total. The van der Waals surface area contributed by atoms with Crippen LogP contribution in [-0.2, 0) is 9.53 Å². The first-order chi connectivity index (χ1) is 13.5. The molecule has 0 aliphatic carbocycles. The number of rotatable bonds is 6. The number of aromatic nitrogens is 2. The average molecular weight is 377 g/mol. The van der Waals surface area contributed by atoms with E-state index in [0.717, 1.165) is 11.3 Å². The van der Waals surface area contributed by atoms with Crippen LogP contribution in [0.5, 0.6) is 0 Å². The lowest BCUT2D eigenvalue weighted by atomic mass is 10.1. The van der Waals surface area contributed by atoms with Gasteiger partial charge in [0.05, 0.1) is 23.1 Å². The molecule has 1 amide bonds. The highest BCUT2D eigenvalue weighted by Gasteiger charge is 2.22. The molecule has 0 radical (unpaired) electrons. The van der Waals surface area contributed by atoms with E-state index in [2.05, 4.69) is 10.4 Å². The summed E-state index contributed by atoms with van der Waals surface area (Å²) < 4.78 is 6.93. The number of carbonyl (C=O) groups excluding carboxylic acids is 2. The summed E-state index contributed by atoms with van der Waals surface area (Å²) in [6, 6.07) is 19.0. The molecule has 28 heavy (non-hydrogen) atoms. The molecule has 0 spiro atoms. The van der Waals surface area contributed by atoms with Crippen LogP contribution in [0.4, 0.5) is 0 Å². The summed E-state index contributed by atoms with van der Waals surface area (Å²) in [5.74, 6) is -0.907. The average Bonchev–Trinajstić information content (AvgIpc) is 3.01. The fourth-order valence-electron chi connectivity index (χ4n) is 3.07. The van der Waals surface area contributed by atoms with Gasteiger partial charge in [0.1, 0.15) is 5.56 Å². The summed E-state index contributed by atoms with van der Waals surface area (Å²) in [5.41, 5.74) is 3.46. The lowest BCUT2D eigenvalue weighted by Crippen LogP contribution is -2.31. The van der Waals surface area contributed by atoms with Crippen LogP contribution in [-0.4, -0.2) is 28.3 Å². The van der Waals surface area contributed by atoms with Gasteiger partial charge >= 0.3 is 5.97 Å². The number of ether oxygens (including phenoxy) is 1. The van der Waals surface area contributed by atoms with Crippen LogP contribution in [0.25, 0.3) is 5.69 Å². The standard InChI is InChI=1S/C22H23N3O3/c1-15(18-10-6-4-7-11-18)23-20(26)14-28-22(27)21-16(2)24-25(17(21)3)19-12-8-5-9-13-19/h4-13,15H,14H2,1-3H3,(H,23,26). The molecule has 6 heteroatoms. The van der Waals surface area contributed by atoms with Crippen molar-refractivity contribution in [1.29, 1.82) is 0 Å². The number of amides is 1. The van der Waals surface area contributed by atoms with E-state index in [1.165, 1.54) is 0 Å². The normalized spacial score (nSPS) is 11.7. The minimum atomic E-state index is -0.556. The molecule has 0 saturated carbocycles. The van der Waals surface area contributed by atoms with Crippen LogP contribution in [0.15, 0.2) is 60.7 Å². The number of carbonyl (C=O) groups is 2. The van der Waals surface area contributed by atoms with Crippen molar-refractivity contribution >= 4 is 11.9 Å². The Morgan fingerprint density at radius 3 is 2.29 bits per heavy atom. The van der Waals surface area contributed by atoms with E-state index in [-0.39, 0.29) is 18.6 Å². The monoisotopic (exact) mass is 377 g/mol. The fourth-order valence-corrected chi connectivity index (χ4v) is 3.07. The first kappa shape index (κ1) is 19.4. The van der Waals surface area contributed by atoms with Gasteiger partial charge in [-0.25, -0.2) is 9.48 Å². The number of hydrogen-bond acceptors (Lipinski definition) is 4. The van der Waals surface area contributed by atoms with Crippen molar-refractivity contribution in [3.63, 3.8) is 0 Å². The molecule has 0 aliphatic heterocycles. The molecule has 3 rings (SSSR count). The van der Waals surface area contributed by atoms with Crippen molar-refractivity contribution in [2.45, 2.75) is 26.8 Å². The first-order valence-electron chi connectivity index (χ1n) is 9.10. The number of nitrogens with zero attached hydrogens (tertiary/aromatic N) is 2. The highest BCUT2D eigenvalue weighted by atomic mass is 16.5. The molecule has 3 aromatic rings. The van der Waals surface area contributed by atoms with E-state index in [1.54, 1.807) is 18.5 Å². The highest BCUT2D eigenvalue weighted by Crippen LogP contribution is 2.19. The minimum absolute atomic E-state index is 0.170. The predicted octanol–water partition coefficient (Wildman–Crippen LogP) is 3.52. The van der Waals surface area contributed by atoms with Gasteiger partial charge in [-0.15, -0.1) is 0 Å². The molecule has 0 fully saturated rings. The summed E-state index contributed by atoms with van der Waals surface area (Å²) >= 11 is 0. The second kappa shape index (κ2) is 8.52. The number of para-hydroxylation sites is 1. The molecule has 1 heterocycles. The molecular formula is C22H23N3O3. The molecule has 0 aliphatic rings. The Bertz CT molecular complexity index is 965. The summed E-state index contributed by atoms with van der Waals surface area (Å²) in [5, 5.41) is 7.26. The second-order valence-electron chi connectivity index (χ2n) is 6.57. The summed E-state index contributed by atoms with van der Waals surface area (Å²) in [4.78, 5) is 24.7. The smallest absolute Gasteiger partial charge is 0.342 e. The molecule has 0 saturated heterocycles. The zero-order valence-electron chi connectivity index (χ0n) is 16.2. The zero-order valence-corrected chi connectivity index (χ0v) is 16.2. The van der Waals surface area contributed by atoms with Crippen LogP contribution in [0.2, 0.25) is 0 Å². The van der Waals surface area contributed by atoms with Crippen molar-refractivity contribution in [2.75, 3.05) is 6.61 Å². The fraction of sp³-hybridized carbons (Fsp3) is 0.227. The van der Waals surface area contributed by atoms with Crippen molar-refractivity contribution in [2.24, 2.45) is 0 Å². The Kier molecular flexibility index (Phi) is 5.89. The van der Waals surface area contributed by atoms with Crippen LogP contribution in [0.3, 0.4) is 0 Å². The molecule has 0 bridgehead atoms. The van der Waals surface area contributed by atoms with Crippen molar-refractivity contribution < 1.29 is 14.3 Å². The maximum Gasteiger partial charge on any atom is 0.342 e. The molecule has 1 N–H and O–H groups in total. The number of aryl methyl sites for hydroxylation is 1. The van der Waals surface area contributed by atoms with Gasteiger partial charge in [-0.2, -0.15) is 5.10 Å². The third kappa shape index (κ3) is 4.28. The van der Waals surface area contributed by atoms with Gasteiger partial charge in [-0.1, -0.05) is 48.5 Å². The van der Waals surface area contributed by atoms with E-state index >= 15 is 0 Å². The molecule has 1 unspecified atom stereocenters. The molecule has 1 aromatic heterocycles. The van der Waals surface area contributed by atoms with Crippen molar-refractivity contribution in [3.05, 3.63) is 83.2 Å². The quantitative estimate of drug-likeness (QED) is 0.667. The van der Waals surface area contributed by atoms with E-state index in [0.29, 0.717) is 17.0 Å². The van der Waals surface area contributed by atoms with Gasteiger partial charge < -0.3 is 10.1 Å². The van der Waals surface area contributed by atoms with Gasteiger partial charge in [-0.3, -0.25) is 4.79 Å². The van der Waals surface area contributed by atoms with E-state index in [9.17, 15) is 9.59 Å². The number of benzene rings is 2. The maximum atomic E-state index is 12.5. The number of esters is 1. The van der Waals surface area contributed by atoms with Gasteiger partial charge in [0.25, 0.3) is 5.91 Å². The van der Waals surface area contributed by atoms with E-state index in [1.807, 2.05) is 67.6 Å². The summed E-state index contributed by atoms with van der Waals surface area (Å²) in [6.45, 7) is 5.10. The summed E-state index contributed by atoms with van der Waals surface area (Å²) in [6.07, 6.45) is 0. The Labute approximate surface area is 164 Å². The van der Waals surface area contributed by atoms with Crippen LogP contribution < -0.4 is 5.32 Å². The second-order valence-corrected chi connectivity index (χ2v) is 6.57. The number of nitrogens with one attached hydrogen (secondary N) is 1. The molecule has 2 aromatic carbocycles. The van der Waals surface area contributed by atoms with Crippen molar-refractivity contribution in [1.82, 2.24) is 15.1 Å². The number of hydrogen-bond donors (Lipinski definition) is 1. The zero-order chi connectivity index (χ0) is 20.1. The molecule has 144 valence electrons. The topological polar surface area (TPSA) is 73.2 Å². The largest absolute Gasteiger partial charge is 0.452 e. The minimum Gasteiger partial charge on any atom is -0.452 e. The van der Waals surface area contributed by atoms with Crippen LogP contribution in [0, 0.1) is 13.8 Å². The van der Waals surface area contributed by atoms with Gasteiger partial charge in [0.15, 0.2) is 6.61 Å². The van der Waals surface area contributed by atoms with E-state index < -0.39 is 5.97 Å². The van der Waals surface area contributed by atoms with Gasteiger partial charge in [-0.05, 0) is 38.5 Å². The van der Waals surface area contributed by atoms with Gasteiger partial charge in [0.2, 0.25) is 0 Å². The predicted molar refractivity (Wildman–Crippen MR) is 106 cm³/mol. The first-order valence-corrected chi connectivity index (χ1v) is 9.10. The molecular weight excluding hydrogens is 354 g/mol. The highest BCUT2D eigenvalue weighted by molar-refractivity contribution is 5.93. The van der Waals surface area contributed by atoms with Crippen LogP contribution in [0.1, 0.15) is 40.3 Å². The third-order valence-corrected chi connectivity index (χ3v) is 4.51. The van der Waals surface area contributed by atoms with E-state index in [4.69, 9.17) is 4.74 Å². The Hall–Kier alpha value is -3.41. The Morgan fingerprint density at radius 2 is 1.64 bits per heavy atom.